The summed E-state index contributed by atoms with van der Waals surface area (Å²) in [5.74, 6) is 0. The third-order valence-electron chi connectivity index (χ3n) is 2.98. The number of hydrogen-bond acceptors (Lipinski definition) is 3. The van der Waals surface area contributed by atoms with Gasteiger partial charge in [0, 0.05) is 12.6 Å². The molecule has 3 nitrogen and oxygen atoms in total. The van der Waals surface area contributed by atoms with Crippen LogP contribution in [0.5, 0.6) is 0 Å². The number of piperidine rings is 1. The maximum atomic E-state index is 9.56. The monoisotopic (exact) mass is 200 g/mol. The van der Waals surface area contributed by atoms with Crippen molar-refractivity contribution in [2.24, 2.45) is 0 Å². The number of rotatable bonds is 5. The molecule has 1 heterocycles. The van der Waals surface area contributed by atoms with E-state index < -0.39 is 0 Å². The van der Waals surface area contributed by atoms with Crippen LogP contribution in [0.1, 0.15) is 32.6 Å². The Morgan fingerprint density at radius 3 is 2.64 bits per heavy atom. The van der Waals surface area contributed by atoms with Crippen molar-refractivity contribution in [3.05, 3.63) is 0 Å². The van der Waals surface area contributed by atoms with E-state index in [9.17, 15) is 5.11 Å². The third kappa shape index (κ3) is 4.40. The van der Waals surface area contributed by atoms with E-state index in [4.69, 9.17) is 0 Å². The molecule has 1 atom stereocenters. The van der Waals surface area contributed by atoms with Crippen LogP contribution in [0.15, 0.2) is 0 Å². The van der Waals surface area contributed by atoms with Crippen molar-refractivity contribution in [1.29, 1.82) is 0 Å². The number of hydrogen-bond donors (Lipinski definition) is 2. The Hall–Kier alpha value is -0.120. The molecule has 0 aromatic carbocycles. The molecule has 1 aliphatic heterocycles. The molecule has 1 unspecified atom stereocenters. The minimum absolute atomic E-state index is 0.153. The van der Waals surface area contributed by atoms with Gasteiger partial charge in [0.25, 0.3) is 0 Å². The number of nitrogens with zero attached hydrogens (tertiary/aromatic N) is 1. The number of aliphatic hydroxyl groups is 1. The van der Waals surface area contributed by atoms with E-state index in [1.807, 2.05) is 0 Å². The van der Waals surface area contributed by atoms with Crippen molar-refractivity contribution in [3.8, 4) is 0 Å². The molecule has 0 radical (unpaired) electrons. The molecule has 0 saturated carbocycles. The number of likely N-dealkylation sites (tertiary alicyclic amines) is 1. The largest absolute Gasteiger partial charge is 0.392 e. The summed E-state index contributed by atoms with van der Waals surface area (Å²) < 4.78 is 0. The first-order valence-electron chi connectivity index (χ1n) is 5.82. The van der Waals surface area contributed by atoms with Gasteiger partial charge in [-0.15, -0.1) is 0 Å². The predicted molar refractivity (Wildman–Crippen MR) is 59.4 cm³/mol. The van der Waals surface area contributed by atoms with Crippen molar-refractivity contribution in [1.82, 2.24) is 10.2 Å². The Bertz CT molecular complexity index is 144. The quantitative estimate of drug-likeness (QED) is 0.690. The maximum Gasteiger partial charge on any atom is 0.0664 e. The summed E-state index contributed by atoms with van der Waals surface area (Å²) in [5, 5.41) is 13.0. The van der Waals surface area contributed by atoms with Crippen LogP contribution in [0.4, 0.5) is 0 Å². The zero-order valence-corrected chi connectivity index (χ0v) is 9.50. The lowest BCUT2D eigenvalue weighted by molar-refractivity contribution is 0.147. The molecule has 84 valence electrons. The fraction of sp³-hybridized carbons (Fsp3) is 1.00. The van der Waals surface area contributed by atoms with Crippen LogP contribution in [0.2, 0.25) is 0 Å². The summed E-state index contributed by atoms with van der Waals surface area (Å²) in [4.78, 5) is 2.36. The Labute approximate surface area is 87.5 Å². The van der Waals surface area contributed by atoms with Crippen LogP contribution in [-0.2, 0) is 0 Å². The molecule has 0 bridgehead atoms. The van der Waals surface area contributed by atoms with E-state index in [-0.39, 0.29) is 6.10 Å². The van der Waals surface area contributed by atoms with Gasteiger partial charge in [-0.05, 0) is 39.4 Å². The highest BCUT2D eigenvalue weighted by Gasteiger charge is 2.16. The van der Waals surface area contributed by atoms with Gasteiger partial charge in [0.2, 0.25) is 0 Å². The molecule has 0 aromatic rings. The van der Waals surface area contributed by atoms with E-state index in [0.717, 1.165) is 19.4 Å². The zero-order chi connectivity index (χ0) is 10.4. The summed E-state index contributed by atoms with van der Waals surface area (Å²) in [5.41, 5.74) is 0. The van der Waals surface area contributed by atoms with Crippen LogP contribution < -0.4 is 5.32 Å². The zero-order valence-electron chi connectivity index (χ0n) is 9.50. The van der Waals surface area contributed by atoms with Gasteiger partial charge in [-0.25, -0.2) is 0 Å². The standard InChI is InChI=1S/C11H24N2O/c1-3-4-11(14)9-12-10-5-7-13(2)8-6-10/h10-12,14H,3-9H2,1-2H3. The average Bonchev–Trinajstić information content (AvgIpc) is 2.17. The summed E-state index contributed by atoms with van der Waals surface area (Å²) >= 11 is 0. The van der Waals surface area contributed by atoms with E-state index in [2.05, 4.69) is 24.2 Å². The second-order valence-electron chi connectivity index (χ2n) is 4.43. The van der Waals surface area contributed by atoms with Crippen molar-refractivity contribution >= 4 is 0 Å². The lowest BCUT2D eigenvalue weighted by Gasteiger charge is -2.30. The summed E-state index contributed by atoms with van der Waals surface area (Å²) in [7, 11) is 2.17. The Morgan fingerprint density at radius 1 is 1.43 bits per heavy atom. The molecule has 0 spiro atoms. The Morgan fingerprint density at radius 2 is 2.07 bits per heavy atom. The minimum atomic E-state index is -0.153. The van der Waals surface area contributed by atoms with Gasteiger partial charge < -0.3 is 15.3 Å². The minimum Gasteiger partial charge on any atom is -0.392 e. The van der Waals surface area contributed by atoms with Crippen LogP contribution in [0.25, 0.3) is 0 Å². The number of nitrogens with one attached hydrogen (secondary N) is 1. The second kappa shape index (κ2) is 6.38. The first kappa shape index (κ1) is 12.0. The fourth-order valence-electron chi connectivity index (χ4n) is 1.95. The highest BCUT2D eigenvalue weighted by atomic mass is 16.3. The topological polar surface area (TPSA) is 35.5 Å². The van der Waals surface area contributed by atoms with Gasteiger partial charge in [-0.2, -0.15) is 0 Å². The molecule has 1 rings (SSSR count). The molecule has 0 amide bonds. The third-order valence-corrected chi connectivity index (χ3v) is 2.98. The van der Waals surface area contributed by atoms with E-state index in [0.29, 0.717) is 6.04 Å². The SMILES string of the molecule is CCCC(O)CNC1CCN(C)CC1. The van der Waals surface area contributed by atoms with Gasteiger partial charge in [0.15, 0.2) is 0 Å². The molecular weight excluding hydrogens is 176 g/mol. The first-order chi connectivity index (χ1) is 6.72. The van der Waals surface area contributed by atoms with Crippen molar-refractivity contribution in [3.63, 3.8) is 0 Å². The predicted octanol–water partition coefficient (Wildman–Crippen LogP) is 0.831. The van der Waals surface area contributed by atoms with Crippen LogP contribution in [-0.4, -0.2) is 48.8 Å². The maximum absolute atomic E-state index is 9.56. The summed E-state index contributed by atoms with van der Waals surface area (Å²) in [6.07, 6.45) is 4.26. The molecule has 0 aromatic heterocycles. The van der Waals surface area contributed by atoms with Gasteiger partial charge >= 0.3 is 0 Å². The van der Waals surface area contributed by atoms with Gasteiger partial charge in [-0.1, -0.05) is 13.3 Å². The van der Waals surface area contributed by atoms with E-state index >= 15 is 0 Å². The van der Waals surface area contributed by atoms with Gasteiger partial charge in [0.1, 0.15) is 0 Å². The van der Waals surface area contributed by atoms with E-state index in [1.54, 1.807) is 0 Å². The van der Waals surface area contributed by atoms with Crippen LogP contribution >= 0.6 is 0 Å². The van der Waals surface area contributed by atoms with Gasteiger partial charge in [0.05, 0.1) is 6.10 Å². The molecule has 3 heteroatoms. The van der Waals surface area contributed by atoms with Gasteiger partial charge in [-0.3, -0.25) is 0 Å². The average molecular weight is 200 g/mol. The second-order valence-corrected chi connectivity index (χ2v) is 4.43. The van der Waals surface area contributed by atoms with Crippen molar-refractivity contribution < 1.29 is 5.11 Å². The molecule has 1 aliphatic rings. The lowest BCUT2D eigenvalue weighted by Crippen LogP contribution is -2.43. The van der Waals surface area contributed by atoms with Crippen molar-refractivity contribution in [2.75, 3.05) is 26.7 Å². The summed E-state index contributed by atoms with van der Waals surface area (Å²) in [6, 6.07) is 0.623. The Balaban J connectivity index is 2.06. The van der Waals surface area contributed by atoms with E-state index in [1.165, 1.54) is 25.9 Å². The number of aliphatic hydroxyl groups excluding tert-OH is 1. The highest BCUT2D eigenvalue weighted by molar-refractivity contribution is 4.76. The molecular formula is C11H24N2O. The summed E-state index contributed by atoms with van der Waals surface area (Å²) in [6.45, 7) is 5.24. The first-order valence-corrected chi connectivity index (χ1v) is 5.82. The van der Waals surface area contributed by atoms with Crippen LogP contribution in [0.3, 0.4) is 0 Å². The Kier molecular flexibility index (Phi) is 5.45. The molecule has 2 N–H and O–H groups in total. The normalized spacial score (nSPS) is 22.5. The lowest BCUT2D eigenvalue weighted by atomic mass is 10.1. The smallest absolute Gasteiger partial charge is 0.0664 e. The van der Waals surface area contributed by atoms with Crippen molar-refractivity contribution in [2.45, 2.75) is 44.8 Å². The fourth-order valence-corrected chi connectivity index (χ4v) is 1.95. The van der Waals surface area contributed by atoms with Crippen LogP contribution in [0, 0.1) is 0 Å². The molecule has 1 fully saturated rings. The highest BCUT2D eigenvalue weighted by Crippen LogP contribution is 2.08. The molecule has 0 aliphatic carbocycles. The molecule has 1 saturated heterocycles. The molecule has 14 heavy (non-hydrogen) atoms.